The minimum absolute atomic E-state index is 0.0843. The molecule has 1 heterocycles. The lowest BCUT2D eigenvalue weighted by atomic mass is 10.2. The predicted molar refractivity (Wildman–Crippen MR) is 63.4 cm³/mol. The first kappa shape index (κ1) is 12.8. The van der Waals surface area contributed by atoms with Gasteiger partial charge in [-0.3, -0.25) is 4.79 Å². The zero-order chi connectivity index (χ0) is 12.1. The van der Waals surface area contributed by atoms with E-state index in [2.05, 4.69) is 5.32 Å². The van der Waals surface area contributed by atoms with Crippen LogP contribution < -0.4 is 5.32 Å². The fraction of sp³-hybridized carbons (Fsp3) is 0.583. The van der Waals surface area contributed by atoms with Crippen molar-refractivity contribution < 1.29 is 9.90 Å². The number of hydrogen-bond donors (Lipinski definition) is 2. The first-order valence-corrected chi connectivity index (χ1v) is 5.62. The van der Waals surface area contributed by atoms with E-state index in [0.29, 0.717) is 12.2 Å². The molecule has 16 heavy (non-hydrogen) atoms. The molecule has 0 aliphatic rings. The van der Waals surface area contributed by atoms with Gasteiger partial charge in [0.1, 0.15) is 5.69 Å². The molecule has 0 radical (unpaired) electrons. The lowest BCUT2D eigenvalue weighted by Crippen LogP contribution is -2.31. The van der Waals surface area contributed by atoms with Crippen LogP contribution in [0.15, 0.2) is 18.3 Å². The molecule has 0 saturated carbocycles. The molecule has 0 bridgehead atoms. The molecule has 1 rings (SSSR count). The number of carbonyl (C=O) groups excluding carboxylic acids is 1. The molecule has 0 spiro atoms. The van der Waals surface area contributed by atoms with Crippen LogP contribution in [0.25, 0.3) is 0 Å². The Hall–Kier alpha value is -1.29. The van der Waals surface area contributed by atoms with E-state index in [1.54, 1.807) is 6.07 Å². The summed E-state index contributed by atoms with van der Waals surface area (Å²) in [5, 5.41) is 11.7. The van der Waals surface area contributed by atoms with E-state index < -0.39 is 0 Å². The first-order chi connectivity index (χ1) is 7.56. The Bertz CT molecular complexity index is 345. The van der Waals surface area contributed by atoms with Crippen molar-refractivity contribution >= 4 is 5.91 Å². The van der Waals surface area contributed by atoms with Crippen molar-refractivity contribution in [1.29, 1.82) is 0 Å². The van der Waals surface area contributed by atoms with Crippen LogP contribution >= 0.6 is 0 Å². The van der Waals surface area contributed by atoms with Crippen molar-refractivity contribution in [3.05, 3.63) is 24.0 Å². The fourth-order valence-corrected chi connectivity index (χ4v) is 1.46. The third-order valence-electron chi connectivity index (χ3n) is 2.49. The van der Waals surface area contributed by atoms with Crippen LogP contribution in [0.3, 0.4) is 0 Å². The summed E-state index contributed by atoms with van der Waals surface area (Å²) >= 11 is 0. The maximum absolute atomic E-state index is 11.8. The average Bonchev–Trinajstić information content (AvgIpc) is 2.74. The molecule has 0 aromatic carbocycles. The standard InChI is InChI=1S/C12H20N2O2/c1-9(2)14-6-4-5-11(14)12(16)13-7-10(3)8-15/h4-6,9-10,15H,7-8H2,1-3H3,(H,13,16). The van der Waals surface area contributed by atoms with Gasteiger partial charge >= 0.3 is 0 Å². The van der Waals surface area contributed by atoms with Crippen molar-refractivity contribution in [1.82, 2.24) is 9.88 Å². The van der Waals surface area contributed by atoms with Crippen LogP contribution in [-0.2, 0) is 0 Å². The molecule has 0 aliphatic heterocycles. The molecule has 0 fully saturated rings. The highest BCUT2D eigenvalue weighted by Gasteiger charge is 2.12. The van der Waals surface area contributed by atoms with Gasteiger partial charge in [0, 0.05) is 25.4 Å². The number of carbonyl (C=O) groups is 1. The second kappa shape index (κ2) is 5.70. The summed E-state index contributed by atoms with van der Waals surface area (Å²) in [4.78, 5) is 11.8. The number of nitrogens with zero attached hydrogens (tertiary/aromatic N) is 1. The van der Waals surface area contributed by atoms with E-state index in [-0.39, 0.29) is 24.5 Å². The molecule has 4 nitrogen and oxygen atoms in total. The highest BCUT2D eigenvalue weighted by molar-refractivity contribution is 5.92. The molecule has 1 unspecified atom stereocenters. The van der Waals surface area contributed by atoms with Gasteiger partial charge in [0.05, 0.1) is 0 Å². The molecule has 90 valence electrons. The predicted octanol–water partition coefficient (Wildman–Crippen LogP) is 1.43. The molecule has 1 aromatic rings. The molecule has 2 N–H and O–H groups in total. The van der Waals surface area contributed by atoms with Crippen LogP contribution in [0.2, 0.25) is 0 Å². The summed E-state index contributed by atoms with van der Waals surface area (Å²) in [6.45, 7) is 6.55. The number of rotatable bonds is 5. The van der Waals surface area contributed by atoms with Crippen LogP contribution in [0, 0.1) is 5.92 Å². The largest absolute Gasteiger partial charge is 0.396 e. The quantitative estimate of drug-likeness (QED) is 0.795. The van der Waals surface area contributed by atoms with Crippen molar-refractivity contribution in [3.63, 3.8) is 0 Å². The first-order valence-electron chi connectivity index (χ1n) is 5.62. The molecule has 1 amide bonds. The van der Waals surface area contributed by atoms with Gasteiger partial charge in [0.15, 0.2) is 0 Å². The maximum Gasteiger partial charge on any atom is 0.267 e. The van der Waals surface area contributed by atoms with E-state index in [1.165, 1.54) is 0 Å². The van der Waals surface area contributed by atoms with Crippen molar-refractivity contribution in [2.45, 2.75) is 26.8 Å². The van der Waals surface area contributed by atoms with Crippen LogP contribution in [0.5, 0.6) is 0 Å². The molecule has 1 aromatic heterocycles. The number of aliphatic hydroxyl groups is 1. The second-order valence-electron chi connectivity index (χ2n) is 4.39. The number of aliphatic hydroxyl groups excluding tert-OH is 1. The number of amides is 1. The van der Waals surface area contributed by atoms with E-state index in [1.807, 2.05) is 37.6 Å². The summed E-state index contributed by atoms with van der Waals surface area (Å²) in [5.74, 6) is 0.00501. The van der Waals surface area contributed by atoms with E-state index >= 15 is 0 Å². The number of hydrogen-bond acceptors (Lipinski definition) is 2. The smallest absolute Gasteiger partial charge is 0.267 e. The van der Waals surface area contributed by atoms with Crippen molar-refractivity contribution in [2.24, 2.45) is 5.92 Å². The van der Waals surface area contributed by atoms with E-state index in [9.17, 15) is 4.79 Å². The lowest BCUT2D eigenvalue weighted by Gasteiger charge is -2.14. The highest BCUT2D eigenvalue weighted by Crippen LogP contribution is 2.10. The Morgan fingerprint density at radius 1 is 1.50 bits per heavy atom. The molecule has 0 saturated heterocycles. The third kappa shape index (κ3) is 3.10. The number of aromatic nitrogens is 1. The fourth-order valence-electron chi connectivity index (χ4n) is 1.46. The summed E-state index contributed by atoms with van der Waals surface area (Å²) in [7, 11) is 0. The zero-order valence-corrected chi connectivity index (χ0v) is 10.1. The van der Waals surface area contributed by atoms with Gasteiger partial charge in [-0.2, -0.15) is 0 Å². The van der Waals surface area contributed by atoms with Gasteiger partial charge in [-0.25, -0.2) is 0 Å². The Kier molecular flexibility index (Phi) is 4.55. The molecule has 1 atom stereocenters. The zero-order valence-electron chi connectivity index (χ0n) is 10.1. The van der Waals surface area contributed by atoms with Crippen LogP contribution in [0.4, 0.5) is 0 Å². The van der Waals surface area contributed by atoms with Crippen LogP contribution in [-0.4, -0.2) is 28.7 Å². The molecular weight excluding hydrogens is 204 g/mol. The molecular formula is C12H20N2O2. The highest BCUT2D eigenvalue weighted by atomic mass is 16.3. The lowest BCUT2D eigenvalue weighted by molar-refractivity contribution is 0.0931. The van der Waals surface area contributed by atoms with Crippen molar-refractivity contribution in [3.8, 4) is 0 Å². The van der Waals surface area contributed by atoms with Crippen molar-refractivity contribution in [2.75, 3.05) is 13.2 Å². The SMILES string of the molecule is CC(CO)CNC(=O)c1cccn1C(C)C. The van der Waals surface area contributed by atoms with Gasteiger partial charge in [-0.1, -0.05) is 6.92 Å². The summed E-state index contributed by atoms with van der Waals surface area (Å²) < 4.78 is 1.93. The summed E-state index contributed by atoms with van der Waals surface area (Å²) in [5.41, 5.74) is 0.667. The minimum atomic E-state index is -0.0843. The topological polar surface area (TPSA) is 54.3 Å². The van der Waals surface area contributed by atoms with Gasteiger partial charge in [-0.05, 0) is 31.9 Å². The average molecular weight is 224 g/mol. The Labute approximate surface area is 96.3 Å². The van der Waals surface area contributed by atoms with Crippen LogP contribution in [0.1, 0.15) is 37.3 Å². The third-order valence-corrected chi connectivity index (χ3v) is 2.49. The Morgan fingerprint density at radius 3 is 2.75 bits per heavy atom. The Balaban J connectivity index is 2.62. The molecule has 0 aliphatic carbocycles. The normalized spacial score (nSPS) is 12.8. The van der Waals surface area contributed by atoms with Gasteiger partial charge in [0.2, 0.25) is 0 Å². The molecule has 4 heteroatoms. The monoisotopic (exact) mass is 224 g/mol. The van der Waals surface area contributed by atoms with Gasteiger partial charge < -0.3 is 15.0 Å². The second-order valence-corrected chi connectivity index (χ2v) is 4.39. The van der Waals surface area contributed by atoms with Gasteiger partial charge in [0.25, 0.3) is 5.91 Å². The minimum Gasteiger partial charge on any atom is -0.396 e. The van der Waals surface area contributed by atoms with E-state index in [4.69, 9.17) is 5.11 Å². The summed E-state index contributed by atoms with van der Waals surface area (Å²) in [6, 6.07) is 3.94. The summed E-state index contributed by atoms with van der Waals surface area (Å²) in [6.07, 6.45) is 1.90. The number of nitrogens with one attached hydrogen (secondary N) is 1. The maximum atomic E-state index is 11.8. The van der Waals surface area contributed by atoms with Gasteiger partial charge in [-0.15, -0.1) is 0 Å². The van der Waals surface area contributed by atoms with E-state index in [0.717, 1.165) is 0 Å². The Morgan fingerprint density at radius 2 is 2.19 bits per heavy atom.